The average Bonchev–Trinajstić information content (AvgIpc) is 2.83. The van der Waals surface area contributed by atoms with Crippen LogP contribution < -0.4 is 4.74 Å². The first kappa shape index (κ1) is 11.7. The van der Waals surface area contributed by atoms with Gasteiger partial charge in [0.15, 0.2) is 5.65 Å². The Morgan fingerprint density at radius 3 is 2.63 bits per heavy atom. The zero-order chi connectivity index (χ0) is 13.2. The normalized spacial score (nSPS) is 10.8. The number of nitrogens with zero attached hydrogens (tertiary/aromatic N) is 3. The fourth-order valence-corrected chi connectivity index (χ4v) is 2.06. The molecule has 0 aliphatic heterocycles. The van der Waals surface area contributed by atoms with Crippen LogP contribution in [0, 0.1) is 6.92 Å². The number of rotatable bonds is 3. The number of hydrogen-bond acceptors (Lipinski definition) is 3. The van der Waals surface area contributed by atoms with Gasteiger partial charge in [0.05, 0.1) is 7.11 Å². The van der Waals surface area contributed by atoms with Gasteiger partial charge in [0, 0.05) is 18.7 Å². The van der Waals surface area contributed by atoms with Gasteiger partial charge in [-0.3, -0.25) is 4.40 Å². The molecule has 1 aromatic carbocycles. The number of hydrogen-bond donors (Lipinski definition) is 0. The first-order chi connectivity index (χ1) is 9.26. The second-order valence-corrected chi connectivity index (χ2v) is 4.57. The van der Waals surface area contributed by atoms with Crippen LogP contribution in [0.3, 0.4) is 0 Å². The van der Waals surface area contributed by atoms with E-state index in [1.807, 2.05) is 22.7 Å². The van der Waals surface area contributed by atoms with Crippen LogP contribution in [-0.4, -0.2) is 21.7 Å². The van der Waals surface area contributed by atoms with Crippen LogP contribution in [0.4, 0.5) is 0 Å². The van der Waals surface area contributed by atoms with Gasteiger partial charge in [-0.15, -0.1) is 10.2 Å². The smallest absolute Gasteiger partial charge is 0.164 e. The van der Waals surface area contributed by atoms with Crippen molar-refractivity contribution in [1.82, 2.24) is 14.6 Å². The summed E-state index contributed by atoms with van der Waals surface area (Å²) >= 11 is 0. The first-order valence-electron chi connectivity index (χ1n) is 6.19. The molecule has 0 bridgehead atoms. The van der Waals surface area contributed by atoms with E-state index in [4.69, 9.17) is 4.74 Å². The number of fused-ring (bicyclic) bond motifs is 1. The van der Waals surface area contributed by atoms with E-state index < -0.39 is 0 Å². The number of benzene rings is 1. The van der Waals surface area contributed by atoms with E-state index >= 15 is 0 Å². The lowest BCUT2D eigenvalue weighted by atomic mass is 10.1. The number of methoxy groups -OCH3 is 1. The van der Waals surface area contributed by atoms with Gasteiger partial charge in [0.1, 0.15) is 11.6 Å². The van der Waals surface area contributed by atoms with Crippen LogP contribution >= 0.6 is 0 Å². The molecule has 3 aromatic rings. The maximum Gasteiger partial charge on any atom is 0.164 e. The number of aryl methyl sites for hydroxylation is 1. The molecule has 0 N–H and O–H groups in total. The second-order valence-electron chi connectivity index (χ2n) is 4.57. The summed E-state index contributed by atoms with van der Waals surface area (Å²) in [4.78, 5) is 0. The van der Waals surface area contributed by atoms with Gasteiger partial charge in [0.2, 0.25) is 0 Å². The molecule has 0 amide bonds. The van der Waals surface area contributed by atoms with E-state index in [0.29, 0.717) is 0 Å². The topological polar surface area (TPSA) is 39.4 Å². The van der Waals surface area contributed by atoms with Gasteiger partial charge < -0.3 is 4.74 Å². The van der Waals surface area contributed by atoms with Crippen LogP contribution in [0.2, 0.25) is 0 Å². The SMILES string of the molecule is COc1ccn2c(Cc3ccc(C)cc3)nnc2c1. The molecule has 0 aliphatic rings. The van der Waals surface area contributed by atoms with Crippen molar-refractivity contribution in [3.8, 4) is 5.75 Å². The fraction of sp³-hybridized carbons (Fsp3) is 0.200. The van der Waals surface area contributed by atoms with Gasteiger partial charge in [-0.1, -0.05) is 29.8 Å². The van der Waals surface area contributed by atoms with E-state index in [2.05, 4.69) is 41.4 Å². The summed E-state index contributed by atoms with van der Waals surface area (Å²) in [5, 5.41) is 8.42. The zero-order valence-electron chi connectivity index (χ0n) is 11.0. The molecule has 0 saturated carbocycles. The third-order valence-corrected chi connectivity index (χ3v) is 3.17. The maximum atomic E-state index is 5.18. The Labute approximate surface area is 111 Å². The number of aromatic nitrogens is 3. The minimum Gasteiger partial charge on any atom is -0.497 e. The predicted octanol–water partition coefficient (Wildman–Crippen LogP) is 2.64. The fourth-order valence-electron chi connectivity index (χ4n) is 2.06. The molecule has 4 heteroatoms. The molecule has 0 unspecified atom stereocenters. The quantitative estimate of drug-likeness (QED) is 0.720. The third-order valence-electron chi connectivity index (χ3n) is 3.17. The molecule has 19 heavy (non-hydrogen) atoms. The summed E-state index contributed by atoms with van der Waals surface area (Å²) < 4.78 is 7.17. The zero-order valence-corrected chi connectivity index (χ0v) is 11.0. The minimum atomic E-state index is 0.772. The highest BCUT2D eigenvalue weighted by Gasteiger charge is 2.07. The summed E-state index contributed by atoms with van der Waals surface area (Å²) in [6.07, 6.45) is 2.71. The number of ether oxygens (including phenoxy) is 1. The van der Waals surface area contributed by atoms with E-state index in [9.17, 15) is 0 Å². The standard InChI is InChI=1S/C15H15N3O/c1-11-3-5-12(6-4-11)9-14-16-17-15-10-13(19-2)7-8-18(14)15/h3-8,10H,9H2,1-2H3. The van der Waals surface area contributed by atoms with Gasteiger partial charge in [-0.25, -0.2) is 0 Å². The Balaban J connectivity index is 1.95. The van der Waals surface area contributed by atoms with Crippen LogP contribution in [0.1, 0.15) is 17.0 Å². The highest BCUT2D eigenvalue weighted by molar-refractivity contribution is 5.44. The molecular formula is C15H15N3O. The molecule has 0 fully saturated rings. The lowest BCUT2D eigenvalue weighted by Crippen LogP contribution is -1.96. The van der Waals surface area contributed by atoms with E-state index in [-0.39, 0.29) is 0 Å². The molecule has 96 valence electrons. The highest BCUT2D eigenvalue weighted by Crippen LogP contribution is 2.15. The molecule has 0 radical (unpaired) electrons. The van der Waals surface area contributed by atoms with Crippen molar-refractivity contribution in [2.24, 2.45) is 0 Å². The molecule has 0 saturated heterocycles. The maximum absolute atomic E-state index is 5.18. The van der Waals surface area contributed by atoms with Crippen molar-refractivity contribution in [2.45, 2.75) is 13.3 Å². The lowest BCUT2D eigenvalue weighted by molar-refractivity contribution is 0.414. The largest absolute Gasteiger partial charge is 0.497 e. The van der Waals surface area contributed by atoms with Crippen LogP contribution in [-0.2, 0) is 6.42 Å². The molecule has 0 aliphatic carbocycles. The Morgan fingerprint density at radius 2 is 1.89 bits per heavy atom. The first-order valence-corrected chi connectivity index (χ1v) is 6.19. The Kier molecular flexibility index (Phi) is 2.91. The predicted molar refractivity (Wildman–Crippen MR) is 73.5 cm³/mol. The second kappa shape index (κ2) is 4.72. The minimum absolute atomic E-state index is 0.772. The molecular weight excluding hydrogens is 238 g/mol. The molecule has 3 rings (SSSR count). The molecule has 2 heterocycles. The van der Waals surface area contributed by atoms with Crippen molar-refractivity contribution in [1.29, 1.82) is 0 Å². The summed E-state index contributed by atoms with van der Waals surface area (Å²) in [5.41, 5.74) is 3.30. The molecule has 0 atom stereocenters. The van der Waals surface area contributed by atoms with Gasteiger partial charge in [-0.2, -0.15) is 0 Å². The Bertz CT molecular complexity index is 701. The van der Waals surface area contributed by atoms with Gasteiger partial charge >= 0.3 is 0 Å². The van der Waals surface area contributed by atoms with Crippen molar-refractivity contribution in [3.05, 3.63) is 59.5 Å². The van der Waals surface area contributed by atoms with Gasteiger partial charge in [0.25, 0.3) is 0 Å². The summed E-state index contributed by atoms with van der Waals surface area (Å²) in [6, 6.07) is 12.3. The van der Waals surface area contributed by atoms with Crippen molar-refractivity contribution < 1.29 is 4.74 Å². The monoisotopic (exact) mass is 253 g/mol. The van der Waals surface area contributed by atoms with Gasteiger partial charge in [-0.05, 0) is 18.6 Å². The van der Waals surface area contributed by atoms with Crippen molar-refractivity contribution >= 4 is 5.65 Å². The summed E-state index contributed by atoms with van der Waals surface area (Å²) in [7, 11) is 1.65. The molecule has 0 spiro atoms. The van der Waals surface area contributed by atoms with E-state index in [1.54, 1.807) is 7.11 Å². The lowest BCUT2D eigenvalue weighted by Gasteiger charge is -2.03. The van der Waals surface area contributed by atoms with E-state index in [0.717, 1.165) is 23.6 Å². The Morgan fingerprint density at radius 1 is 1.11 bits per heavy atom. The van der Waals surface area contributed by atoms with Crippen molar-refractivity contribution in [3.63, 3.8) is 0 Å². The number of pyridine rings is 1. The highest BCUT2D eigenvalue weighted by atomic mass is 16.5. The van der Waals surface area contributed by atoms with Crippen LogP contribution in [0.5, 0.6) is 5.75 Å². The van der Waals surface area contributed by atoms with Crippen molar-refractivity contribution in [2.75, 3.05) is 7.11 Å². The van der Waals surface area contributed by atoms with Crippen LogP contribution in [0.25, 0.3) is 5.65 Å². The summed E-state index contributed by atoms with van der Waals surface area (Å²) in [6.45, 7) is 2.09. The van der Waals surface area contributed by atoms with Crippen LogP contribution in [0.15, 0.2) is 42.6 Å². The third kappa shape index (κ3) is 2.29. The Hall–Kier alpha value is -2.36. The van der Waals surface area contributed by atoms with E-state index in [1.165, 1.54) is 11.1 Å². The molecule has 4 nitrogen and oxygen atoms in total. The average molecular weight is 253 g/mol. The summed E-state index contributed by atoms with van der Waals surface area (Å²) in [5.74, 6) is 1.73. The molecule has 2 aromatic heterocycles.